The van der Waals surface area contributed by atoms with Crippen LogP contribution < -0.4 is 9.62 Å². The molecule has 3 aromatic rings. The number of hydrogen-bond donors (Lipinski definition) is 1. The maximum atomic E-state index is 13.9. The van der Waals surface area contributed by atoms with Crippen molar-refractivity contribution in [1.82, 2.24) is 10.2 Å². The number of nitrogens with one attached hydrogen (secondary N) is 1. The first-order chi connectivity index (χ1) is 18.6. The second-order valence-electron chi connectivity index (χ2n) is 9.62. The van der Waals surface area contributed by atoms with Gasteiger partial charge in [0, 0.05) is 21.5 Å². The topological polar surface area (TPSA) is 86.8 Å². The lowest BCUT2D eigenvalue weighted by atomic mass is 10.1. The van der Waals surface area contributed by atoms with Crippen molar-refractivity contribution in [2.75, 3.05) is 10.8 Å². The van der Waals surface area contributed by atoms with E-state index in [1.165, 1.54) is 17.0 Å². The number of carbonyl (C=O) groups excluding carboxylic acids is 2. The van der Waals surface area contributed by atoms with Crippen molar-refractivity contribution in [1.29, 1.82) is 0 Å². The monoisotopic (exact) mass is 675 g/mol. The normalized spacial score (nSPS) is 14.5. The molecule has 1 aliphatic carbocycles. The molecule has 0 aliphatic heterocycles. The maximum Gasteiger partial charge on any atom is 0.264 e. The summed E-state index contributed by atoms with van der Waals surface area (Å²) in [5.74, 6) is -0.720. The molecule has 0 heterocycles. The van der Waals surface area contributed by atoms with Crippen molar-refractivity contribution in [3.63, 3.8) is 0 Å². The van der Waals surface area contributed by atoms with Gasteiger partial charge in [0.2, 0.25) is 11.8 Å². The van der Waals surface area contributed by atoms with E-state index < -0.39 is 28.5 Å². The average molecular weight is 677 g/mol. The summed E-state index contributed by atoms with van der Waals surface area (Å²) in [6.07, 6.45) is 3.98. The van der Waals surface area contributed by atoms with E-state index in [-0.39, 0.29) is 23.4 Å². The third kappa shape index (κ3) is 7.49. The van der Waals surface area contributed by atoms with Gasteiger partial charge in [-0.3, -0.25) is 13.9 Å². The van der Waals surface area contributed by atoms with Gasteiger partial charge in [-0.1, -0.05) is 75.0 Å². The molecule has 1 saturated carbocycles. The van der Waals surface area contributed by atoms with Crippen LogP contribution in [0.1, 0.15) is 38.2 Å². The first-order valence-corrected chi connectivity index (χ1v) is 15.9. The van der Waals surface area contributed by atoms with E-state index >= 15 is 0 Å². The van der Waals surface area contributed by atoms with Crippen molar-refractivity contribution in [2.24, 2.45) is 0 Å². The minimum absolute atomic E-state index is 0.0761. The smallest absolute Gasteiger partial charge is 0.264 e. The molecule has 4 rings (SSSR count). The molecule has 0 bridgehead atoms. The molecule has 10 heteroatoms. The third-order valence-corrected chi connectivity index (χ3v) is 9.71. The van der Waals surface area contributed by atoms with Crippen LogP contribution in [0.5, 0.6) is 0 Å². The Hall–Kier alpha value is -2.69. The van der Waals surface area contributed by atoms with E-state index in [0.717, 1.165) is 44.5 Å². The molecule has 0 aromatic heterocycles. The third-order valence-electron chi connectivity index (χ3n) is 6.86. The Morgan fingerprint density at radius 2 is 1.46 bits per heavy atom. The average Bonchev–Trinajstić information content (AvgIpc) is 3.45. The number of nitrogens with zero attached hydrogens (tertiary/aromatic N) is 2. The van der Waals surface area contributed by atoms with Gasteiger partial charge in [-0.25, -0.2) is 8.42 Å². The Morgan fingerprint density at radius 1 is 0.897 bits per heavy atom. The number of anilines is 1. The molecule has 0 spiro atoms. The number of halogens is 2. The van der Waals surface area contributed by atoms with Crippen LogP contribution in [0.4, 0.5) is 5.69 Å². The highest BCUT2D eigenvalue weighted by Crippen LogP contribution is 2.26. The quantitative estimate of drug-likeness (QED) is 0.291. The lowest BCUT2D eigenvalue weighted by molar-refractivity contribution is -0.139. The summed E-state index contributed by atoms with van der Waals surface area (Å²) in [6.45, 7) is 1.39. The molecule has 0 radical (unpaired) electrons. The summed E-state index contributed by atoms with van der Waals surface area (Å²) in [5.41, 5.74) is 1.18. The van der Waals surface area contributed by atoms with Gasteiger partial charge in [0.25, 0.3) is 10.0 Å². The van der Waals surface area contributed by atoms with Crippen LogP contribution in [0.3, 0.4) is 0 Å². The minimum Gasteiger partial charge on any atom is -0.352 e. The molecule has 206 valence electrons. The molecular weight excluding hydrogens is 646 g/mol. The SMILES string of the molecule is C[C@H](C(=O)NC1CCCC1)N(Cc1ccc(Br)cc1)C(=O)CN(c1ccc(Br)cc1)S(=O)(=O)c1ccccc1. The summed E-state index contributed by atoms with van der Waals surface area (Å²) in [7, 11) is -4.07. The van der Waals surface area contributed by atoms with Crippen molar-refractivity contribution in [3.05, 3.63) is 93.4 Å². The summed E-state index contributed by atoms with van der Waals surface area (Å²) in [4.78, 5) is 28.7. The zero-order valence-electron chi connectivity index (χ0n) is 21.6. The highest BCUT2D eigenvalue weighted by Gasteiger charge is 2.33. The molecular formula is C29H31Br2N3O4S. The van der Waals surface area contributed by atoms with Crippen LogP contribution in [0, 0.1) is 0 Å². The Kier molecular flexibility index (Phi) is 9.85. The molecule has 1 fully saturated rings. The second kappa shape index (κ2) is 13.1. The van der Waals surface area contributed by atoms with Gasteiger partial charge in [-0.05, 0) is 73.9 Å². The highest BCUT2D eigenvalue weighted by atomic mass is 79.9. The van der Waals surface area contributed by atoms with Crippen LogP contribution in [-0.2, 0) is 26.2 Å². The largest absolute Gasteiger partial charge is 0.352 e. The Labute approximate surface area is 246 Å². The second-order valence-corrected chi connectivity index (χ2v) is 13.3. The Morgan fingerprint density at radius 3 is 2.05 bits per heavy atom. The fourth-order valence-electron chi connectivity index (χ4n) is 4.62. The Bertz CT molecular complexity index is 1380. The highest BCUT2D eigenvalue weighted by molar-refractivity contribution is 9.10. The molecule has 0 unspecified atom stereocenters. The first kappa shape index (κ1) is 29.3. The number of benzene rings is 3. The molecule has 7 nitrogen and oxygen atoms in total. The van der Waals surface area contributed by atoms with Crippen molar-refractivity contribution in [2.45, 2.75) is 56.1 Å². The molecule has 1 N–H and O–H groups in total. The summed E-state index contributed by atoms with van der Waals surface area (Å²) >= 11 is 6.81. The van der Waals surface area contributed by atoms with E-state index in [1.807, 2.05) is 24.3 Å². The zero-order valence-corrected chi connectivity index (χ0v) is 25.6. The van der Waals surface area contributed by atoms with Crippen molar-refractivity contribution >= 4 is 59.4 Å². The predicted molar refractivity (Wildman–Crippen MR) is 160 cm³/mol. The maximum absolute atomic E-state index is 13.9. The summed E-state index contributed by atoms with van der Waals surface area (Å²) in [5, 5.41) is 3.08. The van der Waals surface area contributed by atoms with E-state index in [0.29, 0.717) is 5.69 Å². The van der Waals surface area contributed by atoms with E-state index in [2.05, 4.69) is 37.2 Å². The van der Waals surface area contributed by atoms with Gasteiger partial charge in [-0.15, -0.1) is 0 Å². The van der Waals surface area contributed by atoms with Crippen LogP contribution >= 0.6 is 31.9 Å². The van der Waals surface area contributed by atoms with Gasteiger partial charge in [0.1, 0.15) is 12.6 Å². The van der Waals surface area contributed by atoms with Crippen LogP contribution in [0.15, 0.2) is 92.7 Å². The van der Waals surface area contributed by atoms with Gasteiger partial charge in [0.05, 0.1) is 10.6 Å². The zero-order chi connectivity index (χ0) is 28.0. The summed E-state index contributed by atoms with van der Waals surface area (Å²) in [6, 6.07) is 21.6. The number of hydrogen-bond acceptors (Lipinski definition) is 4. The van der Waals surface area contributed by atoms with Gasteiger partial charge in [0.15, 0.2) is 0 Å². The van der Waals surface area contributed by atoms with Crippen LogP contribution in [0.25, 0.3) is 0 Å². The van der Waals surface area contributed by atoms with Crippen LogP contribution in [-0.4, -0.2) is 43.8 Å². The fourth-order valence-corrected chi connectivity index (χ4v) is 6.58. The van der Waals surface area contributed by atoms with Crippen molar-refractivity contribution in [3.8, 4) is 0 Å². The summed E-state index contributed by atoms with van der Waals surface area (Å²) < 4.78 is 30.3. The van der Waals surface area contributed by atoms with Gasteiger partial charge < -0.3 is 10.2 Å². The van der Waals surface area contributed by atoms with Crippen molar-refractivity contribution < 1.29 is 18.0 Å². The molecule has 39 heavy (non-hydrogen) atoms. The van der Waals surface area contributed by atoms with E-state index in [9.17, 15) is 18.0 Å². The minimum atomic E-state index is -4.07. The number of sulfonamides is 1. The Balaban J connectivity index is 1.66. The lowest BCUT2D eigenvalue weighted by Crippen LogP contribution is -2.52. The van der Waals surface area contributed by atoms with E-state index in [4.69, 9.17) is 0 Å². The lowest BCUT2D eigenvalue weighted by Gasteiger charge is -2.32. The number of amides is 2. The molecule has 0 saturated heterocycles. The first-order valence-electron chi connectivity index (χ1n) is 12.8. The van der Waals surface area contributed by atoms with Crippen LogP contribution in [0.2, 0.25) is 0 Å². The van der Waals surface area contributed by atoms with Gasteiger partial charge >= 0.3 is 0 Å². The standard InChI is InChI=1S/C29H31Br2N3O4S/c1-21(29(36)32-25-7-5-6-8-25)33(19-22-11-13-23(30)14-12-22)28(35)20-34(26-17-15-24(31)16-18-26)39(37,38)27-9-3-2-4-10-27/h2-4,9-18,21,25H,5-8,19-20H2,1H3,(H,32,36)/t21-/m1/s1. The van der Waals surface area contributed by atoms with E-state index in [1.54, 1.807) is 49.4 Å². The van der Waals surface area contributed by atoms with Gasteiger partial charge in [-0.2, -0.15) is 0 Å². The molecule has 3 aromatic carbocycles. The molecule has 1 aliphatic rings. The molecule has 1 atom stereocenters. The predicted octanol–water partition coefficient (Wildman–Crippen LogP) is 5.88. The number of carbonyl (C=O) groups is 2. The fraction of sp³-hybridized carbons (Fsp3) is 0.310. The number of rotatable bonds is 10. The molecule has 2 amide bonds.